The van der Waals surface area contributed by atoms with Gasteiger partial charge < -0.3 is 25.6 Å². The highest BCUT2D eigenvalue weighted by atomic mass is 16.5. The number of nitrogens with one attached hydrogen (secondary N) is 1. The third-order valence-corrected chi connectivity index (χ3v) is 3.54. The number of morpholine rings is 1. The van der Waals surface area contributed by atoms with E-state index >= 15 is 0 Å². The zero-order valence-electron chi connectivity index (χ0n) is 12.9. The molecule has 1 aliphatic rings. The lowest BCUT2D eigenvalue weighted by Crippen LogP contribution is -2.43. The fraction of sp³-hybridized carbons (Fsp3) is 0.533. The number of ether oxygens (including phenoxy) is 1. The third-order valence-electron chi connectivity index (χ3n) is 3.54. The van der Waals surface area contributed by atoms with Crippen molar-refractivity contribution >= 4 is 17.3 Å². The summed E-state index contributed by atoms with van der Waals surface area (Å²) in [6.07, 6.45) is 0.118. The van der Waals surface area contributed by atoms with Gasteiger partial charge in [0.15, 0.2) is 0 Å². The van der Waals surface area contributed by atoms with E-state index in [1.54, 1.807) is 37.2 Å². The number of rotatable bonds is 4. The predicted octanol–water partition coefficient (Wildman–Crippen LogP) is 0.713. The van der Waals surface area contributed by atoms with Crippen LogP contribution in [0.5, 0.6) is 0 Å². The summed E-state index contributed by atoms with van der Waals surface area (Å²) in [4.78, 5) is 16.0. The topological polar surface area (TPSA) is 70.8 Å². The summed E-state index contributed by atoms with van der Waals surface area (Å²) in [6, 6.07) is 5.30. The van der Waals surface area contributed by atoms with Crippen LogP contribution in [0, 0.1) is 0 Å². The van der Waals surface area contributed by atoms with E-state index in [2.05, 4.69) is 17.3 Å². The number of nitrogens with two attached hydrogens (primary N) is 1. The zero-order valence-corrected chi connectivity index (χ0v) is 12.9. The molecule has 2 rings (SSSR count). The first-order valence-corrected chi connectivity index (χ1v) is 7.12. The molecule has 1 aromatic carbocycles. The summed E-state index contributed by atoms with van der Waals surface area (Å²) in [5, 5.41) is 3.30. The maximum absolute atomic E-state index is 12.2. The van der Waals surface area contributed by atoms with Crippen molar-refractivity contribution in [2.24, 2.45) is 0 Å². The summed E-state index contributed by atoms with van der Waals surface area (Å²) in [5.41, 5.74) is 7.84. The first kappa shape index (κ1) is 15.6. The van der Waals surface area contributed by atoms with Crippen LogP contribution in [-0.2, 0) is 4.74 Å². The molecule has 1 atom stereocenters. The van der Waals surface area contributed by atoms with Crippen molar-refractivity contribution in [2.45, 2.75) is 6.10 Å². The third kappa shape index (κ3) is 4.09. The number of amides is 1. The van der Waals surface area contributed by atoms with Gasteiger partial charge in [0.1, 0.15) is 0 Å². The molecule has 3 N–H and O–H groups in total. The van der Waals surface area contributed by atoms with E-state index in [-0.39, 0.29) is 12.0 Å². The van der Waals surface area contributed by atoms with Gasteiger partial charge in [0.25, 0.3) is 5.91 Å². The van der Waals surface area contributed by atoms with Crippen molar-refractivity contribution in [1.29, 1.82) is 0 Å². The largest absolute Gasteiger partial charge is 0.399 e. The molecule has 0 bridgehead atoms. The molecule has 6 nitrogen and oxygen atoms in total. The van der Waals surface area contributed by atoms with Crippen LogP contribution in [0.1, 0.15) is 10.4 Å². The van der Waals surface area contributed by atoms with Crippen molar-refractivity contribution in [2.75, 3.05) is 58.4 Å². The summed E-state index contributed by atoms with van der Waals surface area (Å²) in [7, 11) is 5.56. The van der Waals surface area contributed by atoms with E-state index in [1.807, 2.05) is 0 Å². The Labute approximate surface area is 125 Å². The van der Waals surface area contributed by atoms with Gasteiger partial charge in [0.05, 0.1) is 18.3 Å². The Hall–Kier alpha value is -1.79. The SMILES string of the molecule is CN1CCOC(CNc2cc(N)ccc2C(=O)N(C)C)C1. The fourth-order valence-corrected chi connectivity index (χ4v) is 2.35. The first-order chi connectivity index (χ1) is 9.97. The first-order valence-electron chi connectivity index (χ1n) is 7.12. The lowest BCUT2D eigenvalue weighted by atomic mass is 10.1. The van der Waals surface area contributed by atoms with Gasteiger partial charge in [-0.1, -0.05) is 0 Å². The highest BCUT2D eigenvalue weighted by Gasteiger charge is 2.19. The minimum absolute atomic E-state index is 0.0424. The van der Waals surface area contributed by atoms with Gasteiger partial charge in [-0.25, -0.2) is 0 Å². The average molecular weight is 292 g/mol. The number of hydrogen-bond acceptors (Lipinski definition) is 5. The molecule has 1 amide bonds. The minimum Gasteiger partial charge on any atom is -0.399 e. The zero-order chi connectivity index (χ0) is 15.4. The molecule has 1 aromatic rings. The van der Waals surface area contributed by atoms with Gasteiger partial charge in [0, 0.05) is 45.1 Å². The molecular formula is C15H24N4O2. The van der Waals surface area contributed by atoms with Crippen LogP contribution in [0.4, 0.5) is 11.4 Å². The Kier molecular flexibility index (Phi) is 5.03. The second-order valence-electron chi connectivity index (χ2n) is 5.64. The Morgan fingerprint density at radius 2 is 2.29 bits per heavy atom. The Bertz CT molecular complexity index is 504. The maximum atomic E-state index is 12.2. The van der Waals surface area contributed by atoms with E-state index in [1.165, 1.54) is 0 Å². The van der Waals surface area contributed by atoms with Gasteiger partial charge in [-0.2, -0.15) is 0 Å². The van der Waals surface area contributed by atoms with Crippen molar-refractivity contribution in [3.8, 4) is 0 Å². The van der Waals surface area contributed by atoms with Crippen molar-refractivity contribution in [3.05, 3.63) is 23.8 Å². The highest BCUT2D eigenvalue weighted by molar-refractivity contribution is 6.00. The van der Waals surface area contributed by atoms with Gasteiger partial charge in [-0.3, -0.25) is 4.79 Å². The van der Waals surface area contributed by atoms with Crippen LogP contribution in [0.15, 0.2) is 18.2 Å². The summed E-state index contributed by atoms with van der Waals surface area (Å²) in [5.74, 6) is -0.0424. The molecule has 0 saturated carbocycles. The fourth-order valence-electron chi connectivity index (χ4n) is 2.35. The predicted molar refractivity (Wildman–Crippen MR) is 84.6 cm³/mol. The summed E-state index contributed by atoms with van der Waals surface area (Å²) >= 11 is 0. The summed E-state index contributed by atoms with van der Waals surface area (Å²) in [6.45, 7) is 3.23. The maximum Gasteiger partial charge on any atom is 0.255 e. The number of carbonyl (C=O) groups is 1. The number of benzene rings is 1. The molecule has 1 fully saturated rings. The smallest absolute Gasteiger partial charge is 0.255 e. The molecule has 1 aliphatic heterocycles. The van der Waals surface area contributed by atoms with Crippen LogP contribution >= 0.6 is 0 Å². The van der Waals surface area contributed by atoms with Crippen LogP contribution in [0.25, 0.3) is 0 Å². The van der Waals surface area contributed by atoms with Crippen molar-refractivity contribution in [1.82, 2.24) is 9.80 Å². The van der Waals surface area contributed by atoms with Crippen LogP contribution in [0.3, 0.4) is 0 Å². The number of nitrogen functional groups attached to an aromatic ring is 1. The molecule has 116 valence electrons. The molecule has 1 unspecified atom stereocenters. The number of hydrogen-bond donors (Lipinski definition) is 2. The Morgan fingerprint density at radius 1 is 1.52 bits per heavy atom. The van der Waals surface area contributed by atoms with Gasteiger partial charge in [-0.15, -0.1) is 0 Å². The second kappa shape index (κ2) is 6.78. The van der Waals surface area contributed by atoms with E-state index in [9.17, 15) is 4.79 Å². The molecule has 1 heterocycles. The molecule has 0 aromatic heterocycles. The number of carbonyl (C=O) groups excluding carboxylic acids is 1. The normalized spacial score (nSPS) is 19.3. The van der Waals surface area contributed by atoms with Gasteiger partial charge in [0.2, 0.25) is 0 Å². The highest BCUT2D eigenvalue weighted by Crippen LogP contribution is 2.21. The monoisotopic (exact) mass is 292 g/mol. The standard InChI is InChI=1S/C15H24N4O2/c1-18(2)15(20)13-5-4-11(16)8-14(13)17-9-12-10-19(3)6-7-21-12/h4-5,8,12,17H,6-7,9-10,16H2,1-3H3. The lowest BCUT2D eigenvalue weighted by Gasteiger charge is -2.30. The molecule has 0 radical (unpaired) electrons. The number of nitrogens with zero attached hydrogens (tertiary/aromatic N) is 2. The molecule has 0 spiro atoms. The van der Waals surface area contributed by atoms with Crippen LogP contribution < -0.4 is 11.1 Å². The van der Waals surface area contributed by atoms with Crippen LogP contribution in [-0.4, -0.2) is 69.2 Å². The lowest BCUT2D eigenvalue weighted by molar-refractivity contribution is -0.0117. The average Bonchev–Trinajstić information content (AvgIpc) is 2.44. The number of anilines is 2. The summed E-state index contributed by atoms with van der Waals surface area (Å²) < 4.78 is 5.72. The van der Waals surface area contributed by atoms with E-state index in [0.29, 0.717) is 17.8 Å². The molecule has 1 saturated heterocycles. The minimum atomic E-state index is -0.0424. The van der Waals surface area contributed by atoms with Crippen LogP contribution in [0.2, 0.25) is 0 Å². The number of likely N-dealkylation sites (N-methyl/N-ethyl adjacent to an activating group) is 1. The quantitative estimate of drug-likeness (QED) is 0.800. The van der Waals surface area contributed by atoms with E-state index in [4.69, 9.17) is 10.5 Å². The van der Waals surface area contributed by atoms with E-state index in [0.717, 1.165) is 25.4 Å². The van der Waals surface area contributed by atoms with Crippen molar-refractivity contribution < 1.29 is 9.53 Å². The van der Waals surface area contributed by atoms with Crippen molar-refractivity contribution in [3.63, 3.8) is 0 Å². The van der Waals surface area contributed by atoms with Gasteiger partial charge >= 0.3 is 0 Å². The second-order valence-corrected chi connectivity index (χ2v) is 5.64. The molecular weight excluding hydrogens is 268 g/mol. The molecule has 0 aliphatic carbocycles. The molecule has 6 heteroatoms. The van der Waals surface area contributed by atoms with E-state index < -0.39 is 0 Å². The Morgan fingerprint density at radius 3 is 2.95 bits per heavy atom. The Balaban J connectivity index is 2.07. The van der Waals surface area contributed by atoms with Gasteiger partial charge in [-0.05, 0) is 25.2 Å². The molecule has 21 heavy (non-hydrogen) atoms.